The summed E-state index contributed by atoms with van der Waals surface area (Å²) >= 11 is 0. The summed E-state index contributed by atoms with van der Waals surface area (Å²) in [5.41, 5.74) is 0.586. The summed E-state index contributed by atoms with van der Waals surface area (Å²) in [7, 11) is 0. The fraction of sp³-hybridized carbons (Fsp3) is 0.167. The van der Waals surface area contributed by atoms with E-state index in [1.54, 1.807) is 6.92 Å². The van der Waals surface area contributed by atoms with Crippen LogP contribution in [-0.2, 0) is 0 Å². The van der Waals surface area contributed by atoms with Crippen LogP contribution in [-0.4, -0.2) is 28.6 Å². The molecule has 26 heavy (non-hydrogen) atoms. The van der Waals surface area contributed by atoms with Gasteiger partial charge < -0.3 is 0 Å². The molecule has 0 bridgehead atoms. The number of halogens is 4. The maximum atomic E-state index is 13.5. The van der Waals surface area contributed by atoms with Gasteiger partial charge in [-0.3, -0.25) is 14.7 Å². The highest BCUT2D eigenvalue weighted by Gasteiger charge is 2.35. The molecule has 0 unspecified atom stereocenters. The number of aromatic nitrogens is 2. The molecule has 134 valence electrons. The van der Waals surface area contributed by atoms with Crippen molar-refractivity contribution in [2.45, 2.75) is 13.1 Å². The van der Waals surface area contributed by atoms with Crippen LogP contribution in [0, 0.1) is 12.7 Å². The van der Waals surface area contributed by atoms with Gasteiger partial charge in [0, 0.05) is 23.3 Å². The Bertz CT molecular complexity index is 953. The van der Waals surface area contributed by atoms with Crippen molar-refractivity contribution in [2.24, 2.45) is 0 Å². The largest absolute Gasteiger partial charge is 0.406 e. The van der Waals surface area contributed by atoms with Gasteiger partial charge >= 0.3 is 6.18 Å². The first-order chi connectivity index (χ1) is 12.2. The molecule has 0 saturated carbocycles. The molecule has 8 heteroatoms. The molecule has 0 aliphatic heterocycles. The molecule has 0 saturated heterocycles. The van der Waals surface area contributed by atoms with Crippen LogP contribution in [0.2, 0.25) is 0 Å². The molecule has 1 amide bonds. The number of carbonyl (C=O) groups is 1. The van der Waals surface area contributed by atoms with Crippen LogP contribution < -0.4 is 4.90 Å². The van der Waals surface area contributed by atoms with E-state index < -0.39 is 24.4 Å². The van der Waals surface area contributed by atoms with E-state index in [9.17, 15) is 22.4 Å². The molecule has 3 aromatic rings. The molecule has 1 aromatic carbocycles. The lowest BCUT2D eigenvalue weighted by molar-refractivity contribution is -0.118. The van der Waals surface area contributed by atoms with Crippen molar-refractivity contribution in [3.05, 3.63) is 65.7 Å². The van der Waals surface area contributed by atoms with E-state index in [0.29, 0.717) is 10.6 Å². The third kappa shape index (κ3) is 3.79. The Morgan fingerprint density at radius 2 is 1.92 bits per heavy atom. The molecule has 3 rings (SSSR count). The minimum atomic E-state index is -4.61. The van der Waals surface area contributed by atoms with Gasteiger partial charge in [-0.2, -0.15) is 13.2 Å². The van der Waals surface area contributed by atoms with Gasteiger partial charge in [0.1, 0.15) is 18.2 Å². The summed E-state index contributed by atoms with van der Waals surface area (Å²) < 4.78 is 52.5. The predicted octanol–water partition coefficient (Wildman–Crippen LogP) is 4.29. The summed E-state index contributed by atoms with van der Waals surface area (Å²) in [6, 6.07) is 9.32. The Kier molecular flexibility index (Phi) is 4.58. The van der Waals surface area contributed by atoms with Crippen molar-refractivity contribution >= 4 is 22.6 Å². The van der Waals surface area contributed by atoms with Gasteiger partial charge in [0.25, 0.3) is 5.91 Å². The van der Waals surface area contributed by atoms with E-state index >= 15 is 0 Å². The standard InChI is InChI=1S/C18H13F4N3O/c1-11-8-14(13-6-5-12(19)9-15(13)24-11)17(26)25(10-18(20,21)22)16-4-2-3-7-23-16/h2-9H,10H2,1H3. The zero-order valence-electron chi connectivity index (χ0n) is 13.6. The van der Waals surface area contributed by atoms with Gasteiger partial charge in [0.2, 0.25) is 0 Å². The molecular weight excluding hydrogens is 350 g/mol. The molecule has 0 aliphatic carbocycles. The number of hydrogen-bond donors (Lipinski definition) is 0. The van der Waals surface area contributed by atoms with Crippen LogP contribution in [0.3, 0.4) is 0 Å². The van der Waals surface area contributed by atoms with Crippen LogP contribution in [0.4, 0.5) is 23.4 Å². The number of carbonyl (C=O) groups excluding carboxylic acids is 1. The number of anilines is 1. The molecule has 0 atom stereocenters. The number of alkyl halides is 3. The highest BCUT2D eigenvalue weighted by molar-refractivity contribution is 6.13. The Balaban J connectivity index is 2.14. The average Bonchev–Trinajstić information content (AvgIpc) is 2.58. The molecule has 0 spiro atoms. The first-order valence-electron chi connectivity index (χ1n) is 7.61. The minimum Gasteiger partial charge on any atom is -0.283 e. The fourth-order valence-corrected chi connectivity index (χ4v) is 2.61. The monoisotopic (exact) mass is 363 g/mol. The number of aryl methyl sites for hydroxylation is 1. The summed E-state index contributed by atoms with van der Waals surface area (Å²) in [6.45, 7) is 0.0862. The van der Waals surface area contributed by atoms with Gasteiger partial charge in [-0.05, 0) is 37.3 Å². The quantitative estimate of drug-likeness (QED) is 0.653. The second-order valence-corrected chi connectivity index (χ2v) is 5.67. The van der Waals surface area contributed by atoms with Crippen LogP contribution >= 0.6 is 0 Å². The zero-order valence-corrected chi connectivity index (χ0v) is 13.6. The van der Waals surface area contributed by atoms with E-state index in [1.807, 2.05) is 0 Å². The Hall–Kier alpha value is -3.03. The van der Waals surface area contributed by atoms with Gasteiger partial charge in [-0.1, -0.05) is 6.07 Å². The maximum Gasteiger partial charge on any atom is 0.406 e. The second kappa shape index (κ2) is 6.70. The van der Waals surface area contributed by atoms with Crippen molar-refractivity contribution in [1.29, 1.82) is 0 Å². The minimum absolute atomic E-state index is 0.00223. The van der Waals surface area contributed by atoms with E-state index in [2.05, 4.69) is 9.97 Å². The van der Waals surface area contributed by atoms with Gasteiger partial charge in [-0.25, -0.2) is 9.37 Å². The first kappa shape index (κ1) is 17.8. The number of amides is 1. The molecule has 2 aromatic heterocycles. The van der Waals surface area contributed by atoms with E-state index in [1.165, 1.54) is 36.5 Å². The summed E-state index contributed by atoms with van der Waals surface area (Å²) in [6.07, 6.45) is -3.31. The van der Waals surface area contributed by atoms with Crippen LogP contribution in [0.1, 0.15) is 16.1 Å². The van der Waals surface area contributed by atoms with Gasteiger partial charge in [0.05, 0.1) is 11.1 Å². The molecule has 4 nitrogen and oxygen atoms in total. The number of pyridine rings is 2. The molecule has 0 N–H and O–H groups in total. The lowest BCUT2D eigenvalue weighted by atomic mass is 10.1. The van der Waals surface area contributed by atoms with E-state index in [4.69, 9.17) is 0 Å². The number of benzene rings is 1. The summed E-state index contributed by atoms with van der Waals surface area (Å²) in [5, 5.41) is 0.269. The molecule has 0 aliphatic rings. The normalized spacial score (nSPS) is 11.6. The van der Waals surface area contributed by atoms with Crippen molar-refractivity contribution < 1.29 is 22.4 Å². The number of fused-ring (bicyclic) bond motifs is 1. The Labute approximate surface area is 146 Å². The Morgan fingerprint density at radius 3 is 2.58 bits per heavy atom. The third-order valence-electron chi connectivity index (χ3n) is 3.64. The first-order valence-corrected chi connectivity index (χ1v) is 7.61. The second-order valence-electron chi connectivity index (χ2n) is 5.67. The zero-order chi connectivity index (χ0) is 18.9. The number of hydrogen-bond acceptors (Lipinski definition) is 3. The molecule has 2 heterocycles. The predicted molar refractivity (Wildman–Crippen MR) is 88.4 cm³/mol. The van der Waals surface area contributed by atoms with E-state index in [0.717, 1.165) is 12.1 Å². The molecular formula is C18H13F4N3O. The highest BCUT2D eigenvalue weighted by Crippen LogP contribution is 2.26. The van der Waals surface area contributed by atoms with E-state index in [-0.39, 0.29) is 22.3 Å². The van der Waals surface area contributed by atoms with Crippen LogP contribution in [0.15, 0.2) is 48.7 Å². The van der Waals surface area contributed by atoms with Crippen LogP contribution in [0.5, 0.6) is 0 Å². The Morgan fingerprint density at radius 1 is 1.15 bits per heavy atom. The SMILES string of the molecule is Cc1cc(C(=O)N(CC(F)(F)F)c2ccccn2)c2ccc(F)cc2n1. The van der Waals surface area contributed by atoms with Gasteiger partial charge in [-0.15, -0.1) is 0 Å². The smallest absolute Gasteiger partial charge is 0.283 e. The average molecular weight is 363 g/mol. The summed E-state index contributed by atoms with van der Waals surface area (Å²) in [4.78, 5) is 21.5. The fourth-order valence-electron chi connectivity index (χ4n) is 2.61. The number of nitrogens with zero attached hydrogens (tertiary/aromatic N) is 3. The van der Waals surface area contributed by atoms with Crippen LogP contribution in [0.25, 0.3) is 10.9 Å². The van der Waals surface area contributed by atoms with Gasteiger partial charge in [0.15, 0.2) is 0 Å². The van der Waals surface area contributed by atoms with Crippen molar-refractivity contribution in [3.63, 3.8) is 0 Å². The summed E-state index contributed by atoms with van der Waals surface area (Å²) in [5.74, 6) is -1.56. The lowest BCUT2D eigenvalue weighted by Gasteiger charge is -2.23. The topological polar surface area (TPSA) is 46.1 Å². The third-order valence-corrected chi connectivity index (χ3v) is 3.64. The lowest BCUT2D eigenvalue weighted by Crippen LogP contribution is -2.39. The number of rotatable bonds is 3. The van der Waals surface area contributed by atoms with Crippen molar-refractivity contribution in [1.82, 2.24) is 9.97 Å². The van der Waals surface area contributed by atoms with Crippen molar-refractivity contribution in [3.8, 4) is 0 Å². The molecule has 0 fully saturated rings. The molecule has 0 radical (unpaired) electrons. The maximum absolute atomic E-state index is 13.5. The van der Waals surface area contributed by atoms with Crippen molar-refractivity contribution in [2.75, 3.05) is 11.4 Å². The highest BCUT2D eigenvalue weighted by atomic mass is 19.4.